The largest absolute Gasteiger partial charge is 0.377 e. The monoisotopic (exact) mass is 180 g/mol. The van der Waals surface area contributed by atoms with E-state index in [9.17, 15) is 0 Å². The molecule has 0 spiro atoms. The minimum absolute atomic E-state index is 0.463. The van der Waals surface area contributed by atoms with Crippen molar-refractivity contribution in [2.24, 2.45) is 16.9 Å². The fourth-order valence-corrected chi connectivity index (χ4v) is 2.37. The van der Waals surface area contributed by atoms with Crippen molar-refractivity contribution in [1.29, 1.82) is 0 Å². The maximum atomic E-state index is 5.47. The smallest absolute Gasteiger partial charge is 0.0680 e. The number of fused-ring (bicyclic) bond motifs is 1. The summed E-state index contributed by atoms with van der Waals surface area (Å²) in [5, 5.41) is 6.45. The molecule has 0 amide bonds. The molecule has 2 unspecified atom stereocenters. The minimum atomic E-state index is 0.463. The van der Waals surface area contributed by atoms with Crippen LogP contribution in [0.5, 0.6) is 0 Å². The van der Waals surface area contributed by atoms with Gasteiger partial charge in [-0.15, -0.1) is 0 Å². The van der Waals surface area contributed by atoms with Crippen molar-refractivity contribution >= 4 is 5.71 Å². The summed E-state index contributed by atoms with van der Waals surface area (Å²) in [4.78, 5) is 0. The third kappa shape index (κ3) is 1.48. The molecule has 13 heavy (non-hydrogen) atoms. The van der Waals surface area contributed by atoms with Gasteiger partial charge in [-0.1, -0.05) is 6.58 Å². The summed E-state index contributed by atoms with van der Waals surface area (Å²) < 4.78 is 5.47. The van der Waals surface area contributed by atoms with Gasteiger partial charge in [0.25, 0.3) is 0 Å². The second kappa shape index (κ2) is 3.14. The zero-order valence-corrected chi connectivity index (χ0v) is 8.29. The lowest BCUT2D eigenvalue weighted by atomic mass is 9.81. The van der Waals surface area contributed by atoms with Gasteiger partial charge in [0.2, 0.25) is 0 Å². The van der Waals surface area contributed by atoms with Crippen LogP contribution in [0.4, 0.5) is 0 Å². The first-order valence-electron chi connectivity index (χ1n) is 4.70. The topological polar surface area (TPSA) is 24.8 Å². The molecule has 0 N–H and O–H groups in total. The van der Waals surface area contributed by atoms with Crippen LogP contribution in [0.2, 0.25) is 0 Å². The molecule has 1 fully saturated rings. The Labute approximate surface area is 79.1 Å². The Bertz CT molecular complexity index is 260. The fourth-order valence-electron chi connectivity index (χ4n) is 2.37. The summed E-state index contributed by atoms with van der Waals surface area (Å²) in [5.74, 6) is 1.02. The van der Waals surface area contributed by atoms with Crippen LogP contribution in [-0.2, 0) is 4.74 Å². The Kier molecular flexibility index (Phi) is 2.12. The molecule has 0 bridgehead atoms. The highest BCUT2D eigenvalue weighted by Crippen LogP contribution is 2.30. The average Bonchev–Trinajstić information content (AvgIpc) is 2.02. The van der Waals surface area contributed by atoms with Crippen molar-refractivity contribution in [3.8, 4) is 0 Å². The van der Waals surface area contributed by atoms with Crippen LogP contribution in [0.3, 0.4) is 0 Å². The van der Waals surface area contributed by atoms with Gasteiger partial charge in [0.05, 0.1) is 13.2 Å². The third-order valence-corrected chi connectivity index (χ3v) is 2.81. The lowest BCUT2D eigenvalue weighted by molar-refractivity contribution is 0.0511. The average molecular weight is 180 g/mol. The molecule has 0 aliphatic carbocycles. The number of nitrogens with zero attached hydrogens (tertiary/aromatic N) is 2. The van der Waals surface area contributed by atoms with E-state index in [-0.39, 0.29) is 0 Å². The van der Waals surface area contributed by atoms with Crippen molar-refractivity contribution in [2.45, 2.75) is 6.92 Å². The van der Waals surface area contributed by atoms with Crippen molar-refractivity contribution in [3.63, 3.8) is 0 Å². The van der Waals surface area contributed by atoms with Crippen LogP contribution >= 0.6 is 0 Å². The Hall–Kier alpha value is -0.830. The zero-order valence-electron chi connectivity index (χ0n) is 8.29. The summed E-state index contributed by atoms with van der Waals surface area (Å²) in [6.45, 7) is 8.68. The van der Waals surface area contributed by atoms with Gasteiger partial charge in [-0.05, 0) is 12.5 Å². The SMILES string of the molecule is C=C1COCC2CN(C)N=C(C)C12. The Morgan fingerprint density at radius 2 is 2.38 bits per heavy atom. The first kappa shape index (κ1) is 8.75. The molecule has 2 atom stereocenters. The standard InChI is InChI=1S/C10H16N2O/c1-7-5-13-6-9-4-12(3)11-8(2)10(7)9/h9-10H,1,4-6H2,2-3H3. The summed E-state index contributed by atoms with van der Waals surface area (Å²) >= 11 is 0. The highest BCUT2D eigenvalue weighted by molar-refractivity contribution is 5.87. The zero-order chi connectivity index (χ0) is 9.42. The normalized spacial score (nSPS) is 34.2. The van der Waals surface area contributed by atoms with Crippen LogP contribution < -0.4 is 0 Å². The molecule has 2 heterocycles. The molecule has 0 aromatic carbocycles. The number of hydrazone groups is 1. The summed E-state index contributed by atoms with van der Waals surface area (Å²) in [6, 6.07) is 0. The van der Waals surface area contributed by atoms with E-state index < -0.39 is 0 Å². The van der Waals surface area contributed by atoms with Gasteiger partial charge in [0.1, 0.15) is 0 Å². The van der Waals surface area contributed by atoms with E-state index in [4.69, 9.17) is 4.74 Å². The van der Waals surface area contributed by atoms with Crippen LogP contribution in [0, 0.1) is 11.8 Å². The van der Waals surface area contributed by atoms with Gasteiger partial charge in [-0.2, -0.15) is 5.10 Å². The first-order chi connectivity index (χ1) is 6.18. The second-order valence-electron chi connectivity index (χ2n) is 3.99. The Balaban J connectivity index is 2.25. The number of ether oxygens (including phenoxy) is 1. The van der Waals surface area contributed by atoms with E-state index in [2.05, 4.69) is 18.6 Å². The lowest BCUT2D eigenvalue weighted by Crippen LogP contribution is -2.43. The maximum absolute atomic E-state index is 5.47. The van der Waals surface area contributed by atoms with E-state index in [1.165, 1.54) is 11.3 Å². The Morgan fingerprint density at radius 1 is 1.62 bits per heavy atom. The molecular weight excluding hydrogens is 164 g/mol. The molecule has 0 aromatic rings. The van der Waals surface area contributed by atoms with E-state index >= 15 is 0 Å². The van der Waals surface area contributed by atoms with Gasteiger partial charge in [-0.3, -0.25) is 5.01 Å². The molecule has 2 rings (SSSR count). The number of hydrogen-bond donors (Lipinski definition) is 0. The third-order valence-electron chi connectivity index (χ3n) is 2.81. The van der Waals surface area contributed by atoms with Crippen molar-refractivity contribution in [3.05, 3.63) is 12.2 Å². The second-order valence-corrected chi connectivity index (χ2v) is 3.99. The predicted octanol–water partition coefficient (Wildman–Crippen LogP) is 1.13. The van der Waals surface area contributed by atoms with Gasteiger partial charge in [0.15, 0.2) is 0 Å². The van der Waals surface area contributed by atoms with Gasteiger partial charge in [-0.25, -0.2) is 0 Å². The van der Waals surface area contributed by atoms with E-state index in [1.54, 1.807) is 0 Å². The van der Waals surface area contributed by atoms with Crippen LogP contribution in [-0.4, -0.2) is 37.5 Å². The maximum Gasteiger partial charge on any atom is 0.0680 e. The first-order valence-corrected chi connectivity index (χ1v) is 4.70. The predicted molar refractivity (Wildman–Crippen MR) is 52.7 cm³/mol. The number of hydrogen-bond acceptors (Lipinski definition) is 3. The van der Waals surface area contributed by atoms with Crippen LogP contribution in [0.1, 0.15) is 6.92 Å². The molecule has 72 valence electrons. The highest BCUT2D eigenvalue weighted by Gasteiger charge is 2.34. The summed E-state index contributed by atoms with van der Waals surface area (Å²) in [7, 11) is 2.01. The Morgan fingerprint density at radius 3 is 3.15 bits per heavy atom. The molecule has 3 nitrogen and oxygen atoms in total. The number of rotatable bonds is 0. The van der Waals surface area contributed by atoms with E-state index in [0.717, 1.165) is 13.2 Å². The van der Waals surface area contributed by atoms with Crippen LogP contribution in [0.15, 0.2) is 17.3 Å². The molecule has 0 radical (unpaired) electrons. The van der Waals surface area contributed by atoms with Crippen molar-refractivity contribution in [1.82, 2.24) is 5.01 Å². The summed E-state index contributed by atoms with van der Waals surface area (Å²) in [6.07, 6.45) is 0. The van der Waals surface area contributed by atoms with Gasteiger partial charge in [0, 0.05) is 31.1 Å². The van der Waals surface area contributed by atoms with Gasteiger partial charge < -0.3 is 4.74 Å². The molecule has 3 heteroatoms. The molecule has 2 aliphatic rings. The fraction of sp³-hybridized carbons (Fsp3) is 0.700. The van der Waals surface area contributed by atoms with Crippen molar-refractivity contribution in [2.75, 3.05) is 26.8 Å². The van der Waals surface area contributed by atoms with Crippen LogP contribution in [0.25, 0.3) is 0 Å². The van der Waals surface area contributed by atoms with Gasteiger partial charge >= 0.3 is 0 Å². The minimum Gasteiger partial charge on any atom is -0.377 e. The quantitative estimate of drug-likeness (QED) is 0.522. The molecule has 2 aliphatic heterocycles. The molecule has 0 saturated carbocycles. The van der Waals surface area contributed by atoms with E-state index in [0.29, 0.717) is 18.4 Å². The van der Waals surface area contributed by atoms with Crippen molar-refractivity contribution < 1.29 is 4.74 Å². The molecule has 0 aromatic heterocycles. The lowest BCUT2D eigenvalue weighted by Gasteiger charge is -2.39. The highest BCUT2D eigenvalue weighted by atomic mass is 16.5. The molecule has 1 saturated heterocycles. The molecular formula is C10H16N2O. The summed E-state index contributed by atoms with van der Waals surface area (Å²) in [5.41, 5.74) is 2.37. The van der Waals surface area contributed by atoms with E-state index in [1.807, 2.05) is 12.1 Å².